The Labute approximate surface area is 112 Å². The Bertz CT molecular complexity index is 474. The van der Waals surface area contributed by atoms with Gasteiger partial charge >= 0.3 is 6.03 Å². The number of carbonyl (C=O) groups excluding carboxylic acids is 1. The van der Waals surface area contributed by atoms with Crippen molar-refractivity contribution in [3.8, 4) is 5.75 Å². The highest BCUT2D eigenvalue weighted by molar-refractivity contribution is 9.10. The molecule has 0 aromatic heterocycles. The van der Waals surface area contributed by atoms with Gasteiger partial charge in [-0.15, -0.1) is 0 Å². The van der Waals surface area contributed by atoms with E-state index in [0.29, 0.717) is 10.0 Å². The first-order valence-corrected chi connectivity index (χ1v) is 6.02. The molecule has 1 saturated heterocycles. The number of thiocarbonyl (C=S) groups is 1. The van der Waals surface area contributed by atoms with E-state index in [1.54, 1.807) is 25.2 Å². The number of phenolic OH excluding ortho intramolecular Hbond substituents is 1. The van der Waals surface area contributed by atoms with Crippen molar-refractivity contribution in [3.05, 3.63) is 28.2 Å². The molecule has 1 aliphatic heterocycles. The standard InChI is InChI=1S/C10H10BrN3O2S/c1-14-8(12-9(17)13-10(14)16)7-5(11)3-2-4-6(7)15/h2-4,8,15H,1H3,(H2,12,13,16,17). The van der Waals surface area contributed by atoms with E-state index in [0.717, 1.165) is 0 Å². The summed E-state index contributed by atoms with van der Waals surface area (Å²) in [6.45, 7) is 0. The van der Waals surface area contributed by atoms with Crippen LogP contribution in [-0.2, 0) is 0 Å². The Morgan fingerprint density at radius 1 is 1.53 bits per heavy atom. The summed E-state index contributed by atoms with van der Waals surface area (Å²) in [6, 6.07) is 4.75. The Morgan fingerprint density at radius 2 is 2.24 bits per heavy atom. The van der Waals surface area contributed by atoms with Gasteiger partial charge in [0.25, 0.3) is 0 Å². The minimum absolute atomic E-state index is 0.0984. The van der Waals surface area contributed by atoms with Crippen LogP contribution in [0.4, 0.5) is 4.79 Å². The predicted octanol–water partition coefficient (Wildman–Crippen LogP) is 1.68. The number of carbonyl (C=O) groups is 1. The molecule has 0 bridgehead atoms. The second kappa shape index (κ2) is 4.50. The molecule has 17 heavy (non-hydrogen) atoms. The third-order valence-electron chi connectivity index (χ3n) is 2.50. The normalized spacial score (nSPS) is 19.9. The smallest absolute Gasteiger partial charge is 0.325 e. The van der Waals surface area contributed by atoms with E-state index in [2.05, 4.69) is 26.6 Å². The van der Waals surface area contributed by atoms with Crippen molar-refractivity contribution in [2.24, 2.45) is 0 Å². The molecule has 1 unspecified atom stereocenters. The maximum atomic E-state index is 11.6. The van der Waals surface area contributed by atoms with E-state index in [-0.39, 0.29) is 16.9 Å². The highest BCUT2D eigenvalue weighted by atomic mass is 79.9. The Morgan fingerprint density at radius 3 is 2.88 bits per heavy atom. The van der Waals surface area contributed by atoms with Crippen molar-refractivity contribution in [3.63, 3.8) is 0 Å². The van der Waals surface area contributed by atoms with Crippen molar-refractivity contribution >= 4 is 39.3 Å². The molecule has 0 spiro atoms. The fourth-order valence-corrected chi connectivity index (χ4v) is 2.39. The van der Waals surface area contributed by atoms with Crippen molar-refractivity contribution in [2.75, 3.05) is 7.05 Å². The van der Waals surface area contributed by atoms with E-state index in [1.807, 2.05) is 0 Å². The lowest BCUT2D eigenvalue weighted by molar-refractivity contribution is 0.181. The second-order valence-corrected chi connectivity index (χ2v) is 4.85. The molecule has 7 heteroatoms. The minimum atomic E-state index is -0.494. The lowest BCUT2D eigenvalue weighted by Gasteiger charge is -2.35. The van der Waals surface area contributed by atoms with Crippen LogP contribution >= 0.6 is 28.1 Å². The highest BCUT2D eigenvalue weighted by Gasteiger charge is 2.31. The van der Waals surface area contributed by atoms with Gasteiger partial charge in [0.15, 0.2) is 5.11 Å². The minimum Gasteiger partial charge on any atom is -0.507 e. The van der Waals surface area contributed by atoms with E-state index in [1.165, 1.54) is 4.90 Å². The number of benzene rings is 1. The average Bonchev–Trinajstić information content (AvgIpc) is 2.24. The number of amides is 2. The number of urea groups is 1. The number of phenols is 1. The van der Waals surface area contributed by atoms with Crippen LogP contribution in [-0.4, -0.2) is 28.2 Å². The summed E-state index contributed by atoms with van der Waals surface area (Å²) >= 11 is 8.28. The van der Waals surface area contributed by atoms with Crippen molar-refractivity contribution in [1.82, 2.24) is 15.5 Å². The van der Waals surface area contributed by atoms with Gasteiger partial charge in [0, 0.05) is 11.5 Å². The maximum Gasteiger partial charge on any atom is 0.325 e. The topological polar surface area (TPSA) is 64.6 Å². The van der Waals surface area contributed by atoms with E-state index < -0.39 is 6.17 Å². The third kappa shape index (κ3) is 2.20. The highest BCUT2D eigenvalue weighted by Crippen LogP contribution is 2.33. The maximum absolute atomic E-state index is 11.6. The van der Waals surface area contributed by atoms with Crippen molar-refractivity contribution in [1.29, 1.82) is 0 Å². The molecule has 0 saturated carbocycles. The number of rotatable bonds is 1. The van der Waals surface area contributed by atoms with E-state index in [4.69, 9.17) is 12.2 Å². The van der Waals surface area contributed by atoms with Crippen LogP contribution in [0.3, 0.4) is 0 Å². The van der Waals surface area contributed by atoms with E-state index >= 15 is 0 Å². The average molecular weight is 316 g/mol. The van der Waals surface area contributed by atoms with Crippen molar-refractivity contribution in [2.45, 2.75) is 6.17 Å². The molecule has 2 amide bonds. The third-order valence-corrected chi connectivity index (χ3v) is 3.41. The lowest BCUT2D eigenvalue weighted by Crippen LogP contribution is -2.57. The summed E-state index contributed by atoms with van der Waals surface area (Å²) < 4.78 is 0.708. The summed E-state index contributed by atoms with van der Waals surface area (Å²) in [5.74, 6) is 0.0984. The first-order valence-electron chi connectivity index (χ1n) is 4.82. The zero-order valence-corrected chi connectivity index (χ0v) is 11.3. The van der Waals surface area contributed by atoms with Gasteiger partial charge in [-0.2, -0.15) is 0 Å². The first kappa shape index (κ1) is 12.1. The van der Waals surface area contributed by atoms with Gasteiger partial charge < -0.3 is 15.3 Å². The molecule has 5 nitrogen and oxygen atoms in total. The van der Waals surface area contributed by atoms with Crippen LogP contribution in [0.2, 0.25) is 0 Å². The SMILES string of the molecule is CN1C(=O)NC(=S)NC1c1c(O)cccc1Br. The lowest BCUT2D eigenvalue weighted by atomic mass is 10.1. The molecule has 1 atom stereocenters. The Hall–Kier alpha value is -1.34. The van der Waals surface area contributed by atoms with Crippen LogP contribution < -0.4 is 10.6 Å². The van der Waals surface area contributed by atoms with Crippen LogP contribution in [0.25, 0.3) is 0 Å². The number of halogens is 1. The second-order valence-electron chi connectivity index (χ2n) is 3.59. The zero-order valence-electron chi connectivity index (χ0n) is 8.90. The van der Waals surface area contributed by atoms with Gasteiger partial charge in [-0.3, -0.25) is 5.32 Å². The molecule has 0 radical (unpaired) electrons. The van der Waals surface area contributed by atoms with Gasteiger partial charge in [0.05, 0.1) is 5.56 Å². The summed E-state index contributed by atoms with van der Waals surface area (Å²) in [6.07, 6.45) is -0.494. The molecule has 1 aromatic rings. The van der Waals surface area contributed by atoms with Crippen LogP contribution in [0.15, 0.2) is 22.7 Å². The number of hydrogen-bond acceptors (Lipinski definition) is 3. The quantitative estimate of drug-likeness (QED) is 0.690. The summed E-state index contributed by atoms with van der Waals surface area (Å²) in [4.78, 5) is 13.0. The number of hydrogen-bond donors (Lipinski definition) is 3. The molecule has 2 rings (SSSR count). The van der Waals surface area contributed by atoms with Gasteiger partial charge in [0.1, 0.15) is 11.9 Å². The summed E-state index contributed by atoms with van der Waals surface area (Å²) in [7, 11) is 1.62. The first-order chi connectivity index (χ1) is 8.00. The summed E-state index contributed by atoms with van der Waals surface area (Å²) in [5.41, 5.74) is 0.576. The number of nitrogens with one attached hydrogen (secondary N) is 2. The van der Waals surface area contributed by atoms with Crippen molar-refractivity contribution < 1.29 is 9.90 Å². The molecule has 90 valence electrons. The van der Waals surface area contributed by atoms with Crippen LogP contribution in [0.1, 0.15) is 11.7 Å². The molecule has 1 aliphatic rings. The fourth-order valence-electron chi connectivity index (χ4n) is 1.62. The molecular weight excluding hydrogens is 306 g/mol. The van der Waals surface area contributed by atoms with Gasteiger partial charge in [-0.05, 0) is 24.4 Å². The molecule has 0 aliphatic carbocycles. The number of nitrogens with zero attached hydrogens (tertiary/aromatic N) is 1. The van der Waals surface area contributed by atoms with Crippen LogP contribution in [0, 0.1) is 0 Å². The molecule has 1 fully saturated rings. The molecule has 1 heterocycles. The molecular formula is C10H10BrN3O2S. The molecule has 1 aromatic carbocycles. The zero-order chi connectivity index (χ0) is 12.6. The Balaban J connectivity index is 2.44. The monoisotopic (exact) mass is 315 g/mol. The number of aromatic hydroxyl groups is 1. The largest absolute Gasteiger partial charge is 0.507 e. The van der Waals surface area contributed by atoms with Gasteiger partial charge in [-0.1, -0.05) is 22.0 Å². The van der Waals surface area contributed by atoms with Gasteiger partial charge in [0.2, 0.25) is 0 Å². The summed E-state index contributed by atoms with van der Waals surface area (Å²) in [5, 5.41) is 15.5. The predicted molar refractivity (Wildman–Crippen MR) is 70.6 cm³/mol. The van der Waals surface area contributed by atoms with E-state index in [9.17, 15) is 9.90 Å². The Kier molecular flexibility index (Phi) is 3.21. The van der Waals surface area contributed by atoms with Gasteiger partial charge in [-0.25, -0.2) is 4.79 Å². The fraction of sp³-hybridized carbons (Fsp3) is 0.200. The molecule has 3 N–H and O–H groups in total. The van der Waals surface area contributed by atoms with Crippen LogP contribution in [0.5, 0.6) is 5.75 Å².